The van der Waals surface area contributed by atoms with E-state index >= 15 is 0 Å². The number of nitrogens with zero attached hydrogens (tertiary/aromatic N) is 3. The van der Waals surface area contributed by atoms with E-state index in [1.54, 1.807) is 11.3 Å². The molecule has 0 amide bonds. The van der Waals surface area contributed by atoms with Crippen molar-refractivity contribution in [3.05, 3.63) is 11.4 Å². The van der Waals surface area contributed by atoms with Crippen LogP contribution in [0, 0.1) is 0 Å². The van der Waals surface area contributed by atoms with Crippen LogP contribution in [0.15, 0.2) is 11.4 Å². The van der Waals surface area contributed by atoms with E-state index in [2.05, 4.69) is 26.4 Å². The summed E-state index contributed by atoms with van der Waals surface area (Å²) in [6.07, 6.45) is 3.00. The predicted molar refractivity (Wildman–Crippen MR) is 75.3 cm³/mol. The van der Waals surface area contributed by atoms with E-state index in [9.17, 15) is 0 Å². The Bertz CT molecular complexity index is 603. The molecule has 2 aliphatic heterocycles. The fourth-order valence-corrected chi connectivity index (χ4v) is 3.69. The molecule has 6 nitrogen and oxygen atoms in total. The third-order valence-corrected chi connectivity index (χ3v) is 4.58. The molecule has 0 spiro atoms. The molecule has 19 heavy (non-hydrogen) atoms. The lowest BCUT2D eigenvalue weighted by Crippen LogP contribution is -2.43. The predicted octanol–water partition coefficient (Wildman–Crippen LogP) is 1.34. The Morgan fingerprint density at radius 2 is 2.11 bits per heavy atom. The largest absolute Gasteiger partial charge is 0.371 e. The molecule has 0 aromatic carbocycles. The van der Waals surface area contributed by atoms with Gasteiger partial charge < -0.3 is 9.64 Å². The van der Waals surface area contributed by atoms with Crippen LogP contribution in [0.2, 0.25) is 0 Å². The van der Waals surface area contributed by atoms with Gasteiger partial charge in [0.1, 0.15) is 10.6 Å². The monoisotopic (exact) mass is 277 g/mol. The summed E-state index contributed by atoms with van der Waals surface area (Å²) in [4.78, 5) is 12.2. The van der Waals surface area contributed by atoms with Gasteiger partial charge in [-0.05, 0) is 24.3 Å². The number of ether oxygens (including phenoxy) is 1. The van der Waals surface area contributed by atoms with Crippen molar-refractivity contribution in [1.82, 2.24) is 9.97 Å². The van der Waals surface area contributed by atoms with Crippen LogP contribution in [0.25, 0.3) is 10.2 Å². The molecule has 4 heterocycles. The highest BCUT2D eigenvalue weighted by atomic mass is 32.1. The average Bonchev–Trinajstić information content (AvgIpc) is 3.03. The van der Waals surface area contributed by atoms with Crippen molar-refractivity contribution in [2.24, 2.45) is 5.84 Å². The Hall–Kier alpha value is -1.44. The summed E-state index contributed by atoms with van der Waals surface area (Å²) in [5, 5.41) is 3.14. The number of nitrogen functional groups attached to an aromatic ring is 1. The second kappa shape index (κ2) is 4.29. The minimum absolute atomic E-state index is 0.344. The van der Waals surface area contributed by atoms with Gasteiger partial charge in [-0.15, -0.1) is 11.3 Å². The number of morpholine rings is 1. The lowest BCUT2D eigenvalue weighted by atomic mass is 10.2. The van der Waals surface area contributed by atoms with Crippen LogP contribution in [0.1, 0.15) is 12.8 Å². The fourth-order valence-electron chi connectivity index (χ4n) is 2.93. The van der Waals surface area contributed by atoms with Crippen molar-refractivity contribution in [2.75, 3.05) is 23.4 Å². The van der Waals surface area contributed by atoms with Gasteiger partial charge in [0, 0.05) is 13.1 Å². The van der Waals surface area contributed by atoms with Gasteiger partial charge in [0.2, 0.25) is 5.95 Å². The van der Waals surface area contributed by atoms with Crippen LogP contribution in [-0.2, 0) is 4.74 Å². The van der Waals surface area contributed by atoms with Crippen molar-refractivity contribution in [2.45, 2.75) is 25.0 Å². The molecule has 2 unspecified atom stereocenters. The maximum atomic E-state index is 5.88. The maximum absolute atomic E-state index is 5.88. The van der Waals surface area contributed by atoms with Gasteiger partial charge >= 0.3 is 0 Å². The molecule has 100 valence electrons. The number of hydrogen-bond donors (Lipinski definition) is 2. The number of nitrogens with two attached hydrogens (primary N) is 1. The molecule has 2 saturated heterocycles. The number of fused-ring (bicyclic) bond motifs is 3. The van der Waals surface area contributed by atoms with E-state index in [-0.39, 0.29) is 0 Å². The fraction of sp³-hybridized carbons (Fsp3) is 0.500. The quantitative estimate of drug-likeness (QED) is 0.637. The van der Waals surface area contributed by atoms with Crippen LogP contribution in [0.3, 0.4) is 0 Å². The van der Waals surface area contributed by atoms with Crippen molar-refractivity contribution < 1.29 is 4.74 Å². The molecule has 4 rings (SSSR count). The second-order valence-electron chi connectivity index (χ2n) is 5.02. The summed E-state index contributed by atoms with van der Waals surface area (Å²) in [7, 11) is 0. The Labute approximate surface area is 114 Å². The van der Waals surface area contributed by atoms with E-state index in [1.807, 2.05) is 5.38 Å². The highest BCUT2D eigenvalue weighted by Gasteiger charge is 2.35. The molecule has 0 radical (unpaired) electrons. The van der Waals surface area contributed by atoms with E-state index < -0.39 is 0 Å². The first kappa shape index (κ1) is 11.4. The van der Waals surface area contributed by atoms with E-state index in [0.717, 1.165) is 42.0 Å². The van der Waals surface area contributed by atoms with Gasteiger partial charge in [-0.2, -0.15) is 4.98 Å². The van der Waals surface area contributed by atoms with Gasteiger partial charge in [-0.3, -0.25) is 5.43 Å². The molecule has 3 N–H and O–H groups in total. The molecule has 0 saturated carbocycles. The van der Waals surface area contributed by atoms with Gasteiger partial charge in [-0.1, -0.05) is 0 Å². The maximum Gasteiger partial charge on any atom is 0.240 e. The van der Waals surface area contributed by atoms with Gasteiger partial charge in [0.15, 0.2) is 0 Å². The van der Waals surface area contributed by atoms with Crippen LogP contribution in [0.5, 0.6) is 0 Å². The zero-order valence-corrected chi connectivity index (χ0v) is 11.2. The van der Waals surface area contributed by atoms with Crippen molar-refractivity contribution in [3.8, 4) is 0 Å². The average molecular weight is 277 g/mol. The Morgan fingerprint density at radius 3 is 2.84 bits per heavy atom. The summed E-state index contributed by atoms with van der Waals surface area (Å²) < 4.78 is 5.88. The first-order valence-electron chi connectivity index (χ1n) is 6.46. The Morgan fingerprint density at radius 1 is 1.32 bits per heavy atom. The number of hydrogen-bond acceptors (Lipinski definition) is 7. The van der Waals surface area contributed by atoms with E-state index in [0.29, 0.717) is 18.2 Å². The standard InChI is InChI=1S/C12H15N5OS/c13-16-12-14-10(9-3-4-19-11(9)15-12)17-5-7-1-2-8(6-17)18-7/h3-4,7-8H,1-2,5-6,13H2,(H,14,15,16). The van der Waals surface area contributed by atoms with Gasteiger partial charge in [0.05, 0.1) is 17.6 Å². The molecular formula is C12H15N5OS. The van der Waals surface area contributed by atoms with E-state index in [4.69, 9.17) is 10.6 Å². The molecule has 2 aromatic rings. The normalized spacial score (nSPS) is 26.1. The first-order valence-corrected chi connectivity index (χ1v) is 7.34. The molecule has 2 fully saturated rings. The molecule has 7 heteroatoms. The Kier molecular flexibility index (Phi) is 2.57. The summed E-state index contributed by atoms with van der Waals surface area (Å²) in [6, 6.07) is 2.08. The number of thiophene rings is 1. The Balaban J connectivity index is 1.78. The SMILES string of the molecule is NNc1nc(N2CC3CCC(C2)O3)c2ccsc2n1. The summed E-state index contributed by atoms with van der Waals surface area (Å²) in [6.45, 7) is 1.81. The molecule has 2 atom stereocenters. The smallest absolute Gasteiger partial charge is 0.240 e. The first-order chi connectivity index (χ1) is 9.33. The lowest BCUT2D eigenvalue weighted by Gasteiger charge is -2.33. The third-order valence-electron chi connectivity index (χ3n) is 3.78. The molecule has 2 aromatic heterocycles. The lowest BCUT2D eigenvalue weighted by molar-refractivity contribution is 0.0303. The van der Waals surface area contributed by atoms with E-state index in [1.165, 1.54) is 0 Å². The van der Waals surface area contributed by atoms with Crippen LogP contribution < -0.4 is 16.2 Å². The topological polar surface area (TPSA) is 76.3 Å². The van der Waals surface area contributed by atoms with Crippen molar-refractivity contribution in [1.29, 1.82) is 0 Å². The third kappa shape index (κ3) is 1.85. The van der Waals surface area contributed by atoms with Gasteiger partial charge in [0.25, 0.3) is 0 Å². The second-order valence-corrected chi connectivity index (χ2v) is 5.91. The highest BCUT2D eigenvalue weighted by molar-refractivity contribution is 7.16. The summed E-state index contributed by atoms with van der Waals surface area (Å²) in [5.74, 6) is 6.91. The van der Waals surface area contributed by atoms with Crippen molar-refractivity contribution >= 4 is 33.3 Å². The summed E-state index contributed by atoms with van der Waals surface area (Å²) in [5.41, 5.74) is 2.55. The number of aromatic nitrogens is 2. The van der Waals surface area contributed by atoms with Crippen molar-refractivity contribution in [3.63, 3.8) is 0 Å². The number of rotatable bonds is 2. The van der Waals surface area contributed by atoms with Crippen LogP contribution >= 0.6 is 11.3 Å². The van der Waals surface area contributed by atoms with Gasteiger partial charge in [-0.25, -0.2) is 10.8 Å². The zero-order chi connectivity index (χ0) is 12.8. The molecular weight excluding hydrogens is 262 g/mol. The highest BCUT2D eigenvalue weighted by Crippen LogP contribution is 2.34. The molecule has 2 bridgehead atoms. The molecule has 0 aliphatic carbocycles. The number of hydrazine groups is 1. The number of nitrogens with one attached hydrogen (secondary N) is 1. The number of anilines is 2. The summed E-state index contributed by atoms with van der Waals surface area (Å²) >= 11 is 1.61. The minimum atomic E-state index is 0.344. The zero-order valence-electron chi connectivity index (χ0n) is 10.4. The van der Waals surface area contributed by atoms with Crippen LogP contribution in [0.4, 0.5) is 11.8 Å². The van der Waals surface area contributed by atoms with Crippen LogP contribution in [-0.4, -0.2) is 35.3 Å². The minimum Gasteiger partial charge on any atom is -0.371 e. The molecule has 2 aliphatic rings.